The maximum absolute atomic E-state index is 5.83. The molecular weight excluding hydrogens is 210 g/mol. The molecule has 94 valence electrons. The summed E-state index contributed by atoms with van der Waals surface area (Å²) in [6.45, 7) is 5.58. The van der Waals surface area contributed by atoms with Crippen LogP contribution >= 0.6 is 0 Å². The van der Waals surface area contributed by atoms with Crippen LogP contribution in [0.4, 0.5) is 11.4 Å². The fraction of sp³-hybridized carbons (Fsp3) is 0.571. The third-order valence-electron chi connectivity index (χ3n) is 3.83. The Hall–Kier alpha value is -1.22. The van der Waals surface area contributed by atoms with Gasteiger partial charge in [0.05, 0.1) is 0 Å². The zero-order chi connectivity index (χ0) is 12.4. The number of nitrogen functional groups attached to an aromatic ring is 1. The highest BCUT2D eigenvalue weighted by atomic mass is 15.1. The first-order valence-electron chi connectivity index (χ1n) is 6.39. The Balaban J connectivity index is 2.03. The average Bonchev–Trinajstić information content (AvgIpc) is 2.29. The van der Waals surface area contributed by atoms with Crippen molar-refractivity contribution in [3.63, 3.8) is 0 Å². The number of piperidine rings is 1. The third kappa shape index (κ3) is 2.91. The number of rotatable bonds is 2. The largest absolute Gasteiger partial charge is 0.399 e. The van der Waals surface area contributed by atoms with Gasteiger partial charge in [-0.15, -0.1) is 0 Å². The van der Waals surface area contributed by atoms with Gasteiger partial charge in [0.2, 0.25) is 0 Å². The first kappa shape index (κ1) is 12.2. The molecule has 0 radical (unpaired) electrons. The van der Waals surface area contributed by atoms with Gasteiger partial charge < -0.3 is 16.0 Å². The summed E-state index contributed by atoms with van der Waals surface area (Å²) in [5.74, 6) is 0. The van der Waals surface area contributed by atoms with Gasteiger partial charge in [-0.3, -0.25) is 0 Å². The minimum atomic E-state index is 0.571. The van der Waals surface area contributed by atoms with Crippen LogP contribution < -0.4 is 11.1 Å². The molecule has 3 nitrogen and oxygen atoms in total. The SMILES string of the molecule is Cc1ccc(N)cc1NC1CCN(C)C(C)C1. The number of nitrogens with one attached hydrogen (secondary N) is 1. The van der Waals surface area contributed by atoms with Crippen LogP contribution in [0.1, 0.15) is 25.3 Å². The summed E-state index contributed by atoms with van der Waals surface area (Å²) in [6, 6.07) is 7.30. The van der Waals surface area contributed by atoms with Gasteiger partial charge in [0.1, 0.15) is 0 Å². The Morgan fingerprint density at radius 2 is 2.18 bits per heavy atom. The van der Waals surface area contributed by atoms with Crippen molar-refractivity contribution in [3.05, 3.63) is 23.8 Å². The molecule has 0 spiro atoms. The molecule has 17 heavy (non-hydrogen) atoms. The van der Waals surface area contributed by atoms with Gasteiger partial charge in [-0.25, -0.2) is 0 Å². The second-order valence-electron chi connectivity index (χ2n) is 5.27. The van der Waals surface area contributed by atoms with Crippen LogP contribution in [0, 0.1) is 6.92 Å². The fourth-order valence-electron chi connectivity index (χ4n) is 2.44. The monoisotopic (exact) mass is 233 g/mol. The summed E-state index contributed by atoms with van der Waals surface area (Å²) < 4.78 is 0. The molecule has 0 saturated carbocycles. The molecule has 0 aromatic heterocycles. The standard InChI is InChI=1S/C14H23N3/c1-10-4-5-12(15)9-14(10)16-13-6-7-17(3)11(2)8-13/h4-5,9,11,13,16H,6-8,15H2,1-3H3. The van der Waals surface area contributed by atoms with Gasteiger partial charge in [0.25, 0.3) is 0 Å². The minimum absolute atomic E-state index is 0.571. The smallest absolute Gasteiger partial charge is 0.0392 e. The molecule has 3 heteroatoms. The molecule has 1 saturated heterocycles. The van der Waals surface area contributed by atoms with Crippen LogP contribution in [-0.4, -0.2) is 30.6 Å². The molecule has 1 fully saturated rings. The Morgan fingerprint density at radius 3 is 2.88 bits per heavy atom. The lowest BCUT2D eigenvalue weighted by atomic mass is 9.98. The zero-order valence-corrected chi connectivity index (χ0v) is 11.0. The Labute approximate surface area is 104 Å². The summed E-state index contributed by atoms with van der Waals surface area (Å²) in [5.41, 5.74) is 9.12. The third-order valence-corrected chi connectivity index (χ3v) is 3.83. The highest BCUT2D eigenvalue weighted by molar-refractivity contribution is 5.59. The molecule has 3 N–H and O–H groups in total. The lowest BCUT2D eigenvalue weighted by Gasteiger charge is -2.36. The molecule has 1 aromatic rings. The van der Waals surface area contributed by atoms with Gasteiger partial charge in [-0.2, -0.15) is 0 Å². The van der Waals surface area contributed by atoms with Crippen molar-refractivity contribution >= 4 is 11.4 Å². The molecule has 0 aliphatic carbocycles. The van der Waals surface area contributed by atoms with Crippen molar-refractivity contribution < 1.29 is 0 Å². The van der Waals surface area contributed by atoms with E-state index in [-0.39, 0.29) is 0 Å². The summed E-state index contributed by atoms with van der Waals surface area (Å²) in [4.78, 5) is 2.42. The van der Waals surface area contributed by atoms with E-state index in [1.807, 2.05) is 12.1 Å². The second-order valence-corrected chi connectivity index (χ2v) is 5.27. The number of nitrogens with two attached hydrogens (primary N) is 1. The van der Waals surface area contributed by atoms with E-state index in [1.54, 1.807) is 0 Å². The molecule has 2 atom stereocenters. The van der Waals surface area contributed by atoms with Crippen LogP contribution in [-0.2, 0) is 0 Å². The van der Waals surface area contributed by atoms with Crippen LogP contribution in [0.25, 0.3) is 0 Å². The quantitative estimate of drug-likeness (QED) is 0.771. The van der Waals surface area contributed by atoms with E-state index in [2.05, 4.69) is 37.2 Å². The van der Waals surface area contributed by atoms with Crippen LogP contribution in [0.5, 0.6) is 0 Å². The molecule has 0 bridgehead atoms. The number of anilines is 2. The lowest BCUT2D eigenvalue weighted by molar-refractivity contribution is 0.190. The van der Waals surface area contributed by atoms with Crippen molar-refractivity contribution in [1.29, 1.82) is 0 Å². The second kappa shape index (κ2) is 4.96. The molecule has 2 rings (SSSR count). The van der Waals surface area contributed by atoms with Gasteiger partial charge in [0.15, 0.2) is 0 Å². The Kier molecular flexibility index (Phi) is 3.57. The normalized spacial score (nSPS) is 25.8. The summed E-state index contributed by atoms with van der Waals surface area (Å²) in [5, 5.41) is 3.63. The molecule has 1 aliphatic heterocycles. The summed E-state index contributed by atoms with van der Waals surface area (Å²) in [6.07, 6.45) is 2.40. The van der Waals surface area contributed by atoms with E-state index >= 15 is 0 Å². The predicted molar refractivity (Wildman–Crippen MR) is 74.3 cm³/mol. The molecular formula is C14H23N3. The first-order valence-corrected chi connectivity index (χ1v) is 6.39. The van der Waals surface area contributed by atoms with Crippen molar-refractivity contribution in [2.75, 3.05) is 24.6 Å². The molecule has 1 heterocycles. The van der Waals surface area contributed by atoms with Crippen molar-refractivity contribution in [2.45, 2.75) is 38.8 Å². The lowest BCUT2D eigenvalue weighted by Crippen LogP contribution is -2.42. The summed E-state index contributed by atoms with van der Waals surface area (Å²) in [7, 11) is 2.20. The Morgan fingerprint density at radius 1 is 1.41 bits per heavy atom. The van der Waals surface area contributed by atoms with Crippen molar-refractivity contribution in [2.24, 2.45) is 0 Å². The molecule has 1 aliphatic rings. The zero-order valence-electron chi connectivity index (χ0n) is 11.0. The maximum Gasteiger partial charge on any atom is 0.0392 e. The van der Waals surface area contributed by atoms with Crippen molar-refractivity contribution in [1.82, 2.24) is 4.90 Å². The predicted octanol–water partition coefficient (Wildman–Crippen LogP) is 2.47. The minimum Gasteiger partial charge on any atom is -0.399 e. The van der Waals surface area contributed by atoms with E-state index in [0.29, 0.717) is 12.1 Å². The van der Waals surface area contributed by atoms with E-state index in [1.165, 1.54) is 30.6 Å². The highest BCUT2D eigenvalue weighted by Gasteiger charge is 2.22. The van der Waals surface area contributed by atoms with E-state index in [0.717, 1.165) is 5.69 Å². The van der Waals surface area contributed by atoms with Gasteiger partial charge in [-0.1, -0.05) is 6.07 Å². The van der Waals surface area contributed by atoms with Crippen LogP contribution in [0.3, 0.4) is 0 Å². The highest BCUT2D eigenvalue weighted by Crippen LogP contribution is 2.23. The molecule has 2 unspecified atom stereocenters. The maximum atomic E-state index is 5.83. The number of benzene rings is 1. The topological polar surface area (TPSA) is 41.3 Å². The van der Waals surface area contributed by atoms with Crippen LogP contribution in [0.15, 0.2) is 18.2 Å². The number of hydrogen-bond donors (Lipinski definition) is 2. The molecule has 1 aromatic carbocycles. The van der Waals surface area contributed by atoms with E-state index in [4.69, 9.17) is 5.73 Å². The van der Waals surface area contributed by atoms with Gasteiger partial charge in [-0.05, 0) is 51.4 Å². The molecule has 0 amide bonds. The fourth-order valence-corrected chi connectivity index (χ4v) is 2.44. The summed E-state index contributed by atoms with van der Waals surface area (Å²) >= 11 is 0. The van der Waals surface area contributed by atoms with Crippen molar-refractivity contribution in [3.8, 4) is 0 Å². The van der Waals surface area contributed by atoms with E-state index < -0.39 is 0 Å². The number of likely N-dealkylation sites (tertiary alicyclic amines) is 1. The van der Waals surface area contributed by atoms with E-state index in [9.17, 15) is 0 Å². The number of aryl methyl sites for hydroxylation is 1. The average molecular weight is 233 g/mol. The van der Waals surface area contributed by atoms with Crippen LogP contribution in [0.2, 0.25) is 0 Å². The number of hydrogen-bond acceptors (Lipinski definition) is 3. The first-order chi connectivity index (χ1) is 8.06. The number of nitrogens with zero attached hydrogens (tertiary/aromatic N) is 1. The van der Waals surface area contributed by atoms with Gasteiger partial charge in [0, 0.05) is 30.0 Å². The Bertz CT molecular complexity index is 389. The van der Waals surface area contributed by atoms with Gasteiger partial charge >= 0.3 is 0 Å².